The van der Waals surface area contributed by atoms with E-state index in [-0.39, 0.29) is 0 Å². The lowest BCUT2D eigenvalue weighted by Gasteiger charge is -2.18. The summed E-state index contributed by atoms with van der Waals surface area (Å²) >= 11 is 0. The normalized spacial score (nSPS) is 11.8. The highest BCUT2D eigenvalue weighted by atomic mass is 16.3. The molecule has 1 heterocycles. The molecule has 1 aromatic heterocycles. The molecule has 0 atom stereocenters. The lowest BCUT2D eigenvalue weighted by molar-refractivity contribution is 0.669. The molecule has 11 aromatic rings. The fourth-order valence-electron chi connectivity index (χ4n) is 8.53. The summed E-state index contributed by atoms with van der Waals surface area (Å²) in [6.07, 6.45) is 0. The molecule has 53 heavy (non-hydrogen) atoms. The van der Waals surface area contributed by atoms with Crippen LogP contribution >= 0.6 is 0 Å². The van der Waals surface area contributed by atoms with Crippen LogP contribution in [-0.2, 0) is 0 Å². The zero-order valence-electron chi connectivity index (χ0n) is 28.9. The fraction of sp³-hybridized carbons (Fsp3) is 0. The Kier molecular flexibility index (Phi) is 6.62. The SMILES string of the molecule is c1ccc(-c2ccc3ccccc3c2)c(-c2ccc(-c3c4ccccc4c(-c4ccc5oc6cc7ccccc7cc6c5c4)c4ccccc34)cc2)c1. The van der Waals surface area contributed by atoms with E-state index in [1.807, 2.05) is 0 Å². The van der Waals surface area contributed by atoms with Crippen LogP contribution in [-0.4, -0.2) is 0 Å². The van der Waals surface area contributed by atoms with Crippen LogP contribution in [0.15, 0.2) is 199 Å². The molecule has 0 fully saturated rings. The van der Waals surface area contributed by atoms with Crippen molar-refractivity contribution in [3.8, 4) is 44.5 Å². The van der Waals surface area contributed by atoms with Crippen molar-refractivity contribution in [1.82, 2.24) is 0 Å². The van der Waals surface area contributed by atoms with Crippen molar-refractivity contribution >= 4 is 65.0 Å². The Morgan fingerprint density at radius 2 is 0.698 bits per heavy atom. The maximum Gasteiger partial charge on any atom is 0.136 e. The maximum atomic E-state index is 6.39. The van der Waals surface area contributed by atoms with E-state index < -0.39 is 0 Å². The van der Waals surface area contributed by atoms with Crippen LogP contribution < -0.4 is 0 Å². The molecule has 0 amide bonds. The van der Waals surface area contributed by atoms with Gasteiger partial charge in [0.2, 0.25) is 0 Å². The summed E-state index contributed by atoms with van der Waals surface area (Å²) in [6.45, 7) is 0. The zero-order valence-corrected chi connectivity index (χ0v) is 28.9. The highest BCUT2D eigenvalue weighted by Crippen LogP contribution is 2.45. The molecule has 0 radical (unpaired) electrons. The van der Waals surface area contributed by atoms with Gasteiger partial charge in [-0.3, -0.25) is 0 Å². The van der Waals surface area contributed by atoms with Gasteiger partial charge in [0, 0.05) is 10.8 Å². The number of rotatable bonds is 4. The van der Waals surface area contributed by atoms with Gasteiger partial charge in [-0.2, -0.15) is 0 Å². The van der Waals surface area contributed by atoms with Gasteiger partial charge < -0.3 is 4.42 Å². The van der Waals surface area contributed by atoms with Crippen molar-refractivity contribution < 1.29 is 4.42 Å². The largest absolute Gasteiger partial charge is 0.456 e. The van der Waals surface area contributed by atoms with Gasteiger partial charge in [0.25, 0.3) is 0 Å². The molecule has 10 aromatic carbocycles. The molecule has 1 heteroatoms. The standard InChI is InChI=1S/C52H32O/c1-2-12-36-29-39(26-21-33(36)11-1)42-16-6-5-15-41(42)34-22-24-35(25-23-34)51-43-17-7-9-19-45(43)52(46-20-10-8-18-44(46)51)40-27-28-49-47(31-40)48-30-37-13-3-4-14-38(37)32-50(48)53-49/h1-32H. The highest BCUT2D eigenvalue weighted by molar-refractivity contribution is 6.22. The highest BCUT2D eigenvalue weighted by Gasteiger charge is 2.18. The van der Waals surface area contributed by atoms with Gasteiger partial charge in [-0.1, -0.05) is 164 Å². The predicted molar refractivity (Wildman–Crippen MR) is 225 cm³/mol. The molecule has 11 rings (SSSR count). The van der Waals surface area contributed by atoms with Crippen LogP contribution in [0.1, 0.15) is 0 Å². The second kappa shape index (κ2) is 11.8. The Morgan fingerprint density at radius 3 is 1.36 bits per heavy atom. The first-order chi connectivity index (χ1) is 26.3. The third-order valence-electron chi connectivity index (χ3n) is 11.0. The van der Waals surface area contributed by atoms with Crippen LogP contribution in [0.25, 0.3) is 110 Å². The summed E-state index contributed by atoms with van der Waals surface area (Å²) in [7, 11) is 0. The smallest absolute Gasteiger partial charge is 0.136 e. The second-order valence-corrected chi connectivity index (χ2v) is 14.0. The van der Waals surface area contributed by atoms with Gasteiger partial charge in [0.1, 0.15) is 11.2 Å². The quantitative estimate of drug-likeness (QED) is 0.170. The number of hydrogen-bond acceptors (Lipinski definition) is 1. The van der Waals surface area contributed by atoms with E-state index in [0.717, 1.165) is 21.9 Å². The molecule has 0 bridgehead atoms. The van der Waals surface area contributed by atoms with Gasteiger partial charge >= 0.3 is 0 Å². The molecular formula is C52H32O. The molecule has 0 saturated heterocycles. The van der Waals surface area contributed by atoms with Gasteiger partial charge in [0.15, 0.2) is 0 Å². The molecule has 0 unspecified atom stereocenters. The Balaban J connectivity index is 1.07. The zero-order chi connectivity index (χ0) is 34.9. The third-order valence-corrected chi connectivity index (χ3v) is 11.0. The minimum Gasteiger partial charge on any atom is -0.456 e. The molecule has 246 valence electrons. The maximum absolute atomic E-state index is 6.39. The first kappa shape index (κ1) is 29.7. The Hall–Kier alpha value is -6.96. The van der Waals surface area contributed by atoms with E-state index in [1.165, 1.54) is 87.6 Å². The molecule has 1 nitrogen and oxygen atoms in total. The van der Waals surface area contributed by atoms with E-state index in [1.54, 1.807) is 0 Å². The average Bonchev–Trinajstić information content (AvgIpc) is 3.58. The second-order valence-electron chi connectivity index (χ2n) is 14.0. The summed E-state index contributed by atoms with van der Waals surface area (Å²) in [6, 6.07) is 70.6. The Morgan fingerprint density at radius 1 is 0.245 bits per heavy atom. The average molecular weight is 673 g/mol. The van der Waals surface area contributed by atoms with Crippen LogP contribution in [0.4, 0.5) is 0 Å². The summed E-state index contributed by atoms with van der Waals surface area (Å²) in [5.41, 5.74) is 11.6. The topological polar surface area (TPSA) is 13.1 Å². The minimum absolute atomic E-state index is 0.909. The Bertz CT molecular complexity index is 3160. The molecule has 0 saturated carbocycles. The van der Waals surface area contributed by atoms with E-state index in [9.17, 15) is 0 Å². The summed E-state index contributed by atoms with van der Waals surface area (Å²) < 4.78 is 6.39. The minimum atomic E-state index is 0.909. The molecule has 0 aliphatic carbocycles. The lowest BCUT2D eigenvalue weighted by atomic mass is 9.85. The van der Waals surface area contributed by atoms with Crippen LogP contribution in [0.3, 0.4) is 0 Å². The van der Waals surface area contributed by atoms with Crippen molar-refractivity contribution in [3.05, 3.63) is 194 Å². The van der Waals surface area contributed by atoms with E-state index in [4.69, 9.17) is 4.42 Å². The van der Waals surface area contributed by atoms with Crippen LogP contribution in [0.5, 0.6) is 0 Å². The van der Waals surface area contributed by atoms with Crippen LogP contribution in [0, 0.1) is 0 Å². The van der Waals surface area contributed by atoms with Crippen molar-refractivity contribution in [3.63, 3.8) is 0 Å². The fourth-order valence-corrected chi connectivity index (χ4v) is 8.53. The predicted octanol–water partition coefficient (Wildman–Crippen LogP) is 14.9. The molecule has 0 aliphatic rings. The van der Waals surface area contributed by atoms with Gasteiger partial charge in [-0.15, -0.1) is 0 Å². The van der Waals surface area contributed by atoms with Crippen molar-refractivity contribution in [2.45, 2.75) is 0 Å². The summed E-state index contributed by atoms with van der Waals surface area (Å²) in [5, 5.41) is 12.2. The first-order valence-electron chi connectivity index (χ1n) is 18.2. The molecule has 0 aliphatic heterocycles. The number of benzene rings is 10. The summed E-state index contributed by atoms with van der Waals surface area (Å²) in [5.74, 6) is 0. The third kappa shape index (κ3) is 4.79. The summed E-state index contributed by atoms with van der Waals surface area (Å²) in [4.78, 5) is 0. The van der Waals surface area contributed by atoms with Gasteiger partial charge in [-0.25, -0.2) is 0 Å². The van der Waals surface area contributed by atoms with E-state index in [0.29, 0.717) is 0 Å². The van der Waals surface area contributed by atoms with Crippen LogP contribution in [0.2, 0.25) is 0 Å². The lowest BCUT2D eigenvalue weighted by Crippen LogP contribution is -1.91. The number of fused-ring (bicyclic) bond motifs is 7. The molecular weight excluding hydrogens is 641 g/mol. The van der Waals surface area contributed by atoms with Crippen molar-refractivity contribution in [2.75, 3.05) is 0 Å². The van der Waals surface area contributed by atoms with Crippen molar-refractivity contribution in [1.29, 1.82) is 0 Å². The van der Waals surface area contributed by atoms with Crippen molar-refractivity contribution in [2.24, 2.45) is 0 Å². The monoisotopic (exact) mass is 672 g/mol. The molecule has 0 N–H and O–H groups in total. The van der Waals surface area contributed by atoms with E-state index in [2.05, 4.69) is 194 Å². The number of furan rings is 1. The van der Waals surface area contributed by atoms with Gasteiger partial charge in [-0.05, 0) is 118 Å². The first-order valence-corrected chi connectivity index (χ1v) is 18.2. The van der Waals surface area contributed by atoms with E-state index >= 15 is 0 Å². The number of hydrogen-bond donors (Lipinski definition) is 0. The molecule has 0 spiro atoms. The van der Waals surface area contributed by atoms with Gasteiger partial charge in [0.05, 0.1) is 0 Å². The Labute approximate surface area is 307 Å².